The molecule has 0 bridgehead atoms. The van der Waals surface area contributed by atoms with Crippen molar-refractivity contribution in [3.05, 3.63) is 29.9 Å². The van der Waals surface area contributed by atoms with Gasteiger partial charge in [0, 0.05) is 38.4 Å². The molecule has 0 aliphatic carbocycles. The fourth-order valence-electron chi connectivity index (χ4n) is 2.14. The first-order chi connectivity index (χ1) is 10.5. The number of hydrogen-bond acceptors (Lipinski definition) is 6. The van der Waals surface area contributed by atoms with Gasteiger partial charge in [-0.05, 0) is 0 Å². The molecule has 0 N–H and O–H groups in total. The molecule has 0 unspecified atom stereocenters. The van der Waals surface area contributed by atoms with Crippen molar-refractivity contribution in [1.82, 2.24) is 23.8 Å². The van der Waals surface area contributed by atoms with Crippen LogP contribution < -0.4 is 4.74 Å². The SMILES string of the molecule is Cn1ccnc1S(=O)(=O)N1CC(COc2cncc(Cl)n2)C1. The van der Waals surface area contributed by atoms with Crippen molar-refractivity contribution < 1.29 is 13.2 Å². The van der Waals surface area contributed by atoms with Gasteiger partial charge in [-0.25, -0.2) is 13.4 Å². The van der Waals surface area contributed by atoms with Crippen LogP contribution in [0.2, 0.25) is 5.15 Å². The van der Waals surface area contributed by atoms with E-state index in [9.17, 15) is 8.42 Å². The van der Waals surface area contributed by atoms with Crippen LogP contribution in [0.1, 0.15) is 0 Å². The van der Waals surface area contributed by atoms with Crippen LogP contribution in [0.3, 0.4) is 0 Å². The van der Waals surface area contributed by atoms with E-state index in [-0.39, 0.29) is 16.2 Å². The molecule has 1 aliphatic rings. The fraction of sp³-hybridized carbons (Fsp3) is 0.417. The highest BCUT2D eigenvalue weighted by atomic mass is 35.5. The molecular formula is C12H14ClN5O3S. The van der Waals surface area contributed by atoms with E-state index in [0.717, 1.165) is 0 Å². The minimum Gasteiger partial charge on any atom is -0.476 e. The summed E-state index contributed by atoms with van der Waals surface area (Å²) in [6, 6.07) is 0. The number of hydrogen-bond donors (Lipinski definition) is 0. The number of rotatable bonds is 5. The van der Waals surface area contributed by atoms with E-state index in [1.165, 1.54) is 27.5 Å². The summed E-state index contributed by atoms with van der Waals surface area (Å²) in [6.45, 7) is 1.15. The van der Waals surface area contributed by atoms with Gasteiger partial charge < -0.3 is 9.30 Å². The second-order valence-electron chi connectivity index (χ2n) is 5.00. The standard InChI is InChI=1S/C12H14ClN5O3S/c1-17-3-2-15-12(17)22(19,20)18-6-9(7-18)8-21-11-5-14-4-10(13)16-11/h2-5,9H,6-8H2,1H3. The van der Waals surface area contributed by atoms with Gasteiger partial charge in [-0.1, -0.05) is 11.6 Å². The van der Waals surface area contributed by atoms with E-state index in [0.29, 0.717) is 25.6 Å². The van der Waals surface area contributed by atoms with Gasteiger partial charge in [0.2, 0.25) is 11.0 Å². The molecule has 8 nitrogen and oxygen atoms in total. The Hall–Kier alpha value is -1.71. The van der Waals surface area contributed by atoms with Gasteiger partial charge in [-0.2, -0.15) is 9.29 Å². The second kappa shape index (κ2) is 5.82. The molecule has 0 spiro atoms. The van der Waals surface area contributed by atoms with Crippen LogP contribution in [0, 0.1) is 5.92 Å². The third-order valence-corrected chi connectivity index (χ3v) is 5.34. The van der Waals surface area contributed by atoms with Gasteiger partial charge in [-0.3, -0.25) is 4.98 Å². The largest absolute Gasteiger partial charge is 0.476 e. The lowest BCUT2D eigenvalue weighted by Gasteiger charge is -2.37. The third kappa shape index (κ3) is 2.92. The van der Waals surface area contributed by atoms with Crippen molar-refractivity contribution in [2.24, 2.45) is 13.0 Å². The van der Waals surface area contributed by atoms with E-state index in [1.807, 2.05) is 0 Å². The van der Waals surface area contributed by atoms with Gasteiger partial charge in [0.15, 0.2) is 5.15 Å². The van der Waals surface area contributed by atoms with Gasteiger partial charge in [0.1, 0.15) is 0 Å². The number of imidazole rings is 1. The monoisotopic (exact) mass is 343 g/mol. The van der Waals surface area contributed by atoms with E-state index >= 15 is 0 Å². The molecular weight excluding hydrogens is 330 g/mol. The molecule has 3 heterocycles. The van der Waals surface area contributed by atoms with Gasteiger partial charge in [0.25, 0.3) is 10.0 Å². The van der Waals surface area contributed by atoms with E-state index in [4.69, 9.17) is 16.3 Å². The predicted molar refractivity (Wildman–Crippen MR) is 78.0 cm³/mol. The van der Waals surface area contributed by atoms with Crippen molar-refractivity contribution >= 4 is 21.6 Å². The van der Waals surface area contributed by atoms with Crippen LogP contribution in [0.15, 0.2) is 29.9 Å². The molecule has 0 saturated carbocycles. The lowest BCUT2D eigenvalue weighted by molar-refractivity contribution is 0.126. The zero-order valence-electron chi connectivity index (χ0n) is 11.8. The van der Waals surface area contributed by atoms with Crippen LogP contribution in [0.4, 0.5) is 0 Å². The first-order valence-electron chi connectivity index (χ1n) is 6.54. The molecule has 1 aliphatic heterocycles. The molecule has 3 rings (SSSR count). The maximum absolute atomic E-state index is 12.3. The van der Waals surface area contributed by atoms with Crippen molar-refractivity contribution in [3.8, 4) is 5.88 Å². The van der Waals surface area contributed by atoms with Gasteiger partial charge in [-0.15, -0.1) is 0 Å². The number of aromatic nitrogens is 4. The Balaban J connectivity index is 1.55. The summed E-state index contributed by atoms with van der Waals surface area (Å²) in [6.07, 6.45) is 5.95. The molecule has 2 aromatic rings. The summed E-state index contributed by atoms with van der Waals surface area (Å²) in [4.78, 5) is 11.7. The summed E-state index contributed by atoms with van der Waals surface area (Å²) < 4.78 is 33.0. The molecule has 1 saturated heterocycles. The van der Waals surface area contributed by atoms with Crippen molar-refractivity contribution in [2.45, 2.75) is 5.16 Å². The maximum Gasteiger partial charge on any atom is 0.277 e. The highest BCUT2D eigenvalue weighted by molar-refractivity contribution is 7.89. The molecule has 22 heavy (non-hydrogen) atoms. The normalized spacial score (nSPS) is 16.5. The Morgan fingerprint density at radius 2 is 2.18 bits per heavy atom. The van der Waals surface area contributed by atoms with E-state index in [2.05, 4.69) is 15.0 Å². The molecule has 118 valence electrons. The van der Waals surface area contributed by atoms with E-state index in [1.54, 1.807) is 13.2 Å². The van der Waals surface area contributed by atoms with Crippen molar-refractivity contribution in [3.63, 3.8) is 0 Å². The minimum atomic E-state index is -3.53. The van der Waals surface area contributed by atoms with Crippen LogP contribution in [0.25, 0.3) is 0 Å². The van der Waals surface area contributed by atoms with E-state index < -0.39 is 10.0 Å². The summed E-state index contributed by atoms with van der Waals surface area (Å²) in [5.74, 6) is 0.439. The number of ether oxygens (including phenoxy) is 1. The Kier molecular flexibility index (Phi) is 4.02. The molecule has 0 radical (unpaired) electrons. The zero-order valence-corrected chi connectivity index (χ0v) is 13.3. The summed E-state index contributed by atoms with van der Waals surface area (Å²) in [7, 11) is -1.88. The molecule has 10 heteroatoms. The summed E-state index contributed by atoms with van der Waals surface area (Å²) in [5, 5.41) is 0.303. The first-order valence-corrected chi connectivity index (χ1v) is 8.36. The lowest BCUT2D eigenvalue weighted by Crippen LogP contribution is -2.52. The van der Waals surface area contributed by atoms with Crippen LogP contribution >= 0.6 is 11.6 Å². The summed E-state index contributed by atoms with van der Waals surface area (Å²) >= 11 is 5.71. The fourth-order valence-corrected chi connectivity index (χ4v) is 3.94. The number of halogens is 1. The molecule has 0 aromatic carbocycles. The Bertz CT molecular complexity index is 773. The van der Waals surface area contributed by atoms with Crippen molar-refractivity contribution in [2.75, 3.05) is 19.7 Å². The average molecular weight is 344 g/mol. The highest BCUT2D eigenvalue weighted by Gasteiger charge is 2.39. The number of aryl methyl sites for hydroxylation is 1. The number of nitrogens with zero attached hydrogens (tertiary/aromatic N) is 5. The average Bonchev–Trinajstić information content (AvgIpc) is 2.84. The lowest BCUT2D eigenvalue weighted by atomic mass is 10.1. The third-order valence-electron chi connectivity index (χ3n) is 3.32. The highest BCUT2D eigenvalue weighted by Crippen LogP contribution is 2.24. The van der Waals surface area contributed by atoms with Crippen LogP contribution in [-0.4, -0.2) is 51.9 Å². The zero-order chi connectivity index (χ0) is 15.7. The van der Waals surface area contributed by atoms with Crippen LogP contribution in [-0.2, 0) is 17.1 Å². The Morgan fingerprint density at radius 1 is 1.41 bits per heavy atom. The van der Waals surface area contributed by atoms with Crippen LogP contribution in [0.5, 0.6) is 5.88 Å². The Labute approximate surface area is 132 Å². The molecule has 0 atom stereocenters. The van der Waals surface area contributed by atoms with Crippen molar-refractivity contribution in [1.29, 1.82) is 0 Å². The smallest absolute Gasteiger partial charge is 0.277 e. The topological polar surface area (TPSA) is 90.2 Å². The number of sulfonamides is 1. The molecule has 2 aromatic heterocycles. The molecule has 1 fully saturated rings. The first kappa shape index (κ1) is 15.2. The second-order valence-corrected chi connectivity index (χ2v) is 7.22. The Morgan fingerprint density at radius 3 is 2.82 bits per heavy atom. The van der Waals surface area contributed by atoms with Gasteiger partial charge >= 0.3 is 0 Å². The summed E-state index contributed by atoms with van der Waals surface area (Å²) in [5.41, 5.74) is 0. The minimum absolute atomic E-state index is 0.0487. The predicted octanol–water partition coefficient (Wildman–Crippen LogP) is 0.563. The maximum atomic E-state index is 12.3. The molecule has 0 amide bonds. The quantitative estimate of drug-likeness (QED) is 0.788. The van der Waals surface area contributed by atoms with Gasteiger partial charge in [0.05, 0.1) is 19.0 Å².